The van der Waals surface area contributed by atoms with Crippen molar-refractivity contribution in [3.63, 3.8) is 0 Å². The molecule has 0 bridgehead atoms. The molecule has 3 rings (SSSR count). The molecule has 1 atom stereocenters. The second kappa shape index (κ2) is 4.26. The van der Waals surface area contributed by atoms with Crippen molar-refractivity contribution >= 4 is 15.7 Å². The van der Waals surface area contributed by atoms with Gasteiger partial charge in [0.25, 0.3) is 0 Å². The van der Waals surface area contributed by atoms with Crippen molar-refractivity contribution in [2.24, 2.45) is 0 Å². The van der Waals surface area contributed by atoms with Crippen LogP contribution in [0.2, 0.25) is 0 Å². The highest BCUT2D eigenvalue weighted by Gasteiger charge is 2.30. The van der Waals surface area contributed by atoms with E-state index in [1.165, 1.54) is 5.69 Å². The third kappa shape index (κ3) is 2.02. The number of nitrogens with zero attached hydrogens (tertiary/aromatic N) is 2. The van der Waals surface area contributed by atoms with E-state index in [2.05, 4.69) is 5.10 Å². The maximum absolute atomic E-state index is 11.7. The van der Waals surface area contributed by atoms with E-state index in [9.17, 15) is 8.42 Å². The number of anilines is 1. The topological polar surface area (TPSA) is 78.0 Å². The standard InChI is InChI=1S/C12H19N3O2S/c13-12-10-5-1-2-6-11(10)15(14-12)9-4-3-7-18(16,17)8-9/h9H,1-8H2,(H2,13,14). The molecule has 1 aromatic heterocycles. The highest BCUT2D eigenvalue weighted by Crippen LogP contribution is 2.31. The molecule has 18 heavy (non-hydrogen) atoms. The lowest BCUT2D eigenvalue weighted by atomic mass is 9.97. The van der Waals surface area contributed by atoms with Gasteiger partial charge in [-0.1, -0.05) is 0 Å². The molecular weight excluding hydrogens is 250 g/mol. The number of fused-ring (bicyclic) bond motifs is 1. The fraction of sp³-hybridized carbons (Fsp3) is 0.750. The Morgan fingerprint density at radius 3 is 2.78 bits per heavy atom. The largest absolute Gasteiger partial charge is 0.382 e. The minimum absolute atomic E-state index is 0.00657. The molecular formula is C12H19N3O2S. The molecule has 0 radical (unpaired) electrons. The summed E-state index contributed by atoms with van der Waals surface area (Å²) in [7, 11) is -2.90. The van der Waals surface area contributed by atoms with Gasteiger partial charge >= 0.3 is 0 Å². The smallest absolute Gasteiger partial charge is 0.152 e. The van der Waals surface area contributed by atoms with Crippen LogP contribution in [0.5, 0.6) is 0 Å². The zero-order chi connectivity index (χ0) is 12.8. The summed E-state index contributed by atoms with van der Waals surface area (Å²) in [4.78, 5) is 0. The van der Waals surface area contributed by atoms with Crippen molar-refractivity contribution in [3.8, 4) is 0 Å². The molecule has 6 heteroatoms. The normalized spacial score (nSPS) is 26.8. The molecule has 0 saturated carbocycles. The van der Waals surface area contributed by atoms with Crippen molar-refractivity contribution in [1.82, 2.24) is 9.78 Å². The number of nitrogens with two attached hydrogens (primary N) is 1. The molecule has 1 aliphatic heterocycles. The first-order valence-corrected chi connectivity index (χ1v) is 8.45. The summed E-state index contributed by atoms with van der Waals surface area (Å²) in [6.07, 6.45) is 5.91. The maximum atomic E-state index is 11.7. The van der Waals surface area contributed by atoms with Gasteiger partial charge in [0.05, 0.1) is 17.5 Å². The van der Waals surface area contributed by atoms with Crippen molar-refractivity contribution < 1.29 is 8.42 Å². The average molecular weight is 269 g/mol. The van der Waals surface area contributed by atoms with Crippen LogP contribution in [0, 0.1) is 0 Å². The van der Waals surface area contributed by atoms with E-state index in [0.717, 1.165) is 44.1 Å². The highest BCUT2D eigenvalue weighted by molar-refractivity contribution is 7.91. The number of sulfone groups is 1. The zero-order valence-electron chi connectivity index (χ0n) is 10.4. The molecule has 1 unspecified atom stereocenters. The van der Waals surface area contributed by atoms with Crippen molar-refractivity contribution in [1.29, 1.82) is 0 Å². The predicted molar refractivity (Wildman–Crippen MR) is 70.2 cm³/mol. The number of rotatable bonds is 1. The molecule has 5 nitrogen and oxygen atoms in total. The molecule has 2 N–H and O–H groups in total. The first-order valence-electron chi connectivity index (χ1n) is 6.63. The lowest BCUT2D eigenvalue weighted by Gasteiger charge is -2.25. The predicted octanol–water partition coefficient (Wildman–Crippen LogP) is 1.09. The Hall–Kier alpha value is -1.04. The fourth-order valence-corrected chi connectivity index (χ4v) is 4.82. The second-order valence-electron chi connectivity index (χ2n) is 5.37. The SMILES string of the molecule is Nc1nn(C2CCCS(=O)(=O)C2)c2c1CCCC2. The molecule has 0 aromatic carbocycles. The van der Waals surface area contributed by atoms with Gasteiger partial charge in [0.1, 0.15) is 5.82 Å². The van der Waals surface area contributed by atoms with Crippen LogP contribution < -0.4 is 5.73 Å². The van der Waals surface area contributed by atoms with Gasteiger partial charge in [-0.3, -0.25) is 4.68 Å². The lowest BCUT2D eigenvalue weighted by molar-refractivity contribution is 0.418. The van der Waals surface area contributed by atoms with Gasteiger partial charge in [0.2, 0.25) is 0 Å². The van der Waals surface area contributed by atoms with Crippen LogP contribution in [-0.2, 0) is 22.7 Å². The van der Waals surface area contributed by atoms with Gasteiger partial charge in [-0.2, -0.15) is 5.10 Å². The van der Waals surface area contributed by atoms with Crippen molar-refractivity contribution in [3.05, 3.63) is 11.3 Å². The monoisotopic (exact) mass is 269 g/mol. The number of aromatic nitrogens is 2. The van der Waals surface area contributed by atoms with Crippen LogP contribution in [0.3, 0.4) is 0 Å². The average Bonchev–Trinajstić information content (AvgIpc) is 2.66. The van der Waals surface area contributed by atoms with Crippen molar-refractivity contribution in [2.45, 2.75) is 44.6 Å². The number of hydrogen-bond donors (Lipinski definition) is 1. The molecule has 2 heterocycles. The number of hydrogen-bond acceptors (Lipinski definition) is 4. The van der Waals surface area contributed by atoms with Gasteiger partial charge in [0.15, 0.2) is 9.84 Å². The van der Waals surface area contributed by atoms with Gasteiger partial charge in [-0.15, -0.1) is 0 Å². The number of nitrogen functional groups attached to an aromatic ring is 1. The van der Waals surface area contributed by atoms with E-state index in [-0.39, 0.29) is 11.8 Å². The van der Waals surface area contributed by atoms with Crippen LogP contribution in [0.1, 0.15) is 43.0 Å². The third-order valence-corrected chi connectivity index (χ3v) is 5.83. The van der Waals surface area contributed by atoms with Gasteiger partial charge in [-0.05, 0) is 38.5 Å². The first kappa shape index (κ1) is 12.0. The van der Waals surface area contributed by atoms with Crippen LogP contribution in [0.25, 0.3) is 0 Å². The molecule has 1 aromatic rings. The van der Waals surface area contributed by atoms with Crippen LogP contribution in [-0.4, -0.2) is 29.7 Å². The summed E-state index contributed by atoms with van der Waals surface area (Å²) in [5.74, 6) is 1.15. The van der Waals surface area contributed by atoms with Gasteiger partial charge < -0.3 is 5.73 Å². The summed E-state index contributed by atoms with van der Waals surface area (Å²) < 4.78 is 25.4. The van der Waals surface area contributed by atoms with E-state index in [1.807, 2.05) is 4.68 Å². The van der Waals surface area contributed by atoms with Crippen LogP contribution in [0.15, 0.2) is 0 Å². The molecule has 0 spiro atoms. The molecule has 2 aliphatic rings. The second-order valence-corrected chi connectivity index (χ2v) is 7.60. The summed E-state index contributed by atoms with van der Waals surface area (Å²) in [5.41, 5.74) is 8.29. The van der Waals surface area contributed by atoms with E-state index in [4.69, 9.17) is 5.73 Å². The van der Waals surface area contributed by atoms with Crippen LogP contribution in [0.4, 0.5) is 5.82 Å². The Balaban J connectivity index is 1.97. The molecule has 0 amide bonds. The quantitative estimate of drug-likeness (QED) is 0.828. The Morgan fingerprint density at radius 2 is 2.00 bits per heavy atom. The summed E-state index contributed by atoms with van der Waals surface area (Å²) in [5, 5.41) is 4.41. The molecule has 1 fully saturated rings. The zero-order valence-corrected chi connectivity index (χ0v) is 11.2. The summed E-state index contributed by atoms with van der Waals surface area (Å²) in [6, 6.07) is -0.00657. The molecule has 1 saturated heterocycles. The maximum Gasteiger partial charge on any atom is 0.152 e. The third-order valence-electron chi connectivity index (χ3n) is 4.02. The van der Waals surface area contributed by atoms with E-state index < -0.39 is 9.84 Å². The molecule has 100 valence electrons. The Labute approximate surface area is 107 Å². The van der Waals surface area contributed by atoms with E-state index in [1.54, 1.807) is 0 Å². The van der Waals surface area contributed by atoms with Gasteiger partial charge in [0, 0.05) is 11.3 Å². The highest BCUT2D eigenvalue weighted by atomic mass is 32.2. The van der Waals surface area contributed by atoms with Gasteiger partial charge in [-0.25, -0.2) is 8.42 Å². The van der Waals surface area contributed by atoms with Crippen molar-refractivity contribution in [2.75, 3.05) is 17.2 Å². The minimum Gasteiger partial charge on any atom is -0.382 e. The molecule has 1 aliphatic carbocycles. The lowest BCUT2D eigenvalue weighted by Crippen LogP contribution is -2.29. The summed E-state index contributed by atoms with van der Waals surface area (Å²) in [6.45, 7) is 0. The Morgan fingerprint density at radius 1 is 1.22 bits per heavy atom. The summed E-state index contributed by atoms with van der Waals surface area (Å²) >= 11 is 0. The fourth-order valence-electron chi connectivity index (χ4n) is 3.15. The van der Waals surface area contributed by atoms with Crippen LogP contribution >= 0.6 is 0 Å². The minimum atomic E-state index is -2.90. The van der Waals surface area contributed by atoms with E-state index >= 15 is 0 Å². The Kier molecular flexibility index (Phi) is 2.84. The van der Waals surface area contributed by atoms with E-state index in [0.29, 0.717) is 11.6 Å². The Bertz CT molecular complexity index is 562. The first-order chi connectivity index (χ1) is 8.57.